The number of para-hydroxylation sites is 1. The van der Waals surface area contributed by atoms with Crippen LogP contribution in [0.1, 0.15) is 29.2 Å². The van der Waals surface area contributed by atoms with E-state index in [0.717, 1.165) is 18.4 Å². The first-order valence-electron chi connectivity index (χ1n) is 10.8. The topological polar surface area (TPSA) is 110 Å². The summed E-state index contributed by atoms with van der Waals surface area (Å²) >= 11 is 0. The molecule has 1 amide bonds. The molecule has 0 unspecified atom stereocenters. The molecule has 1 aliphatic rings. The number of tetrazole rings is 1. The third-order valence-electron chi connectivity index (χ3n) is 5.66. The molecule has 1 saturated carbocycles. The van der Waals surface area contributed by atoms with Crippen LogP contribution in [0.5, 0.6) is 0 Å². The zero-order valence-corrected chi connectivity index (χ0v) is 19.2. The Morgan fingerprint density at radius 1 is 1.00 bits per heavy atom. The molecule has 1 aromatic heterocycles. The number of nitrogens with zero attached hydrogens (tertiary/aromatic N) is 5. The molecular weight excluding hydrogens is 452 g/mol. The van der Waals surface area contributed by atoms with Gasteiger partial charge in [-0.25, -0.2) is 13.1 Å². The van der Waals surface area contributed by atoms with Crippen LogP contribution < -0.4 is 9.62 Å². The lowest BCUT2D eigenvalue weighted by atomic mass is 10.1. The van der Waals surface area contributed by atoms with Crippen molar-refractivity contribution < 1.29 is 13.2 Å². The van der Waals surface area contributed by atoms with E-state index in [0.29, 0.717) is 23.2 Å². The molecule has 4 aromatic rings. The maximum absolute atomic E-state index is 13.1. The van der Waals surface area contributed by atoms with Crippen LogP contribution in [0.3, 0.4) is 0 Å². The summed E-state index contributed by atoms with van der Waals surface area (Å²) in [6, 6.07) is 22.3. The zero-order valence-electron chi connectivity index (χ0n) is 18.4. The molecule has 1 fully saturated rings. The standard InChI is InChI=1S/C24H22N6O3S/c1-29(20-7-3-2-4-8-20)34(32,33)22-9-5-6-18(16-22)24(31)25-19-12-10-17(11-13-19)23-26-27-28-30(23)21-14-15-21/h2-13,16,21H,14-15H2,1H3,(H,25,31). The van der Waals surface area contributed by atoms with Gasteiger partial charge in [0.2, 0.25) is 0 Å². The number of anilines is 2. The number of carbonyl (C=O) groups is 1. The lowest BCUT2D eigenvalue weighted by molar-refractivity contribution is 0.102. The van der Waals surface area contributed by atoms with Crippen molar-refractivity contribution >= 4 is 27.3 Å². The Kier molecular flexibility index (Phi) is 5.58. The highest BCUT2D eigenvalue weighted by atomic mass is 32.2. The van der Waals surface area contributed by atoms with E-state index in [-0.39, 0.29) is 10.5 Å². The summed E-state index contributed by atoms with van der Waals surface area (Å²) in [6.45, 7) is 0. The lowest BCUT2D eigenvalue weighted by Crippen LogP contribution is -2.26. The molecule has 10 heteroatoms. The minimum Gasteiger partial charge on any atom is -0.322 e. The molecule has 0 radical (unpaired) electrons. The predicted molar refractivity (Wildman–Crippen MR) is 128 cm³/mol. The molecule has 0 spiro atoms. The van der Waals surface area contributed by atoms with Crippen LogP contribution in [0.2, 0.25) is 0 Å². The van der Waals surface area contributed by atoms with Crippen molar-refractivity contribution in [2.75, 3.05) is 16.7 Å². The van der Waals surface area contributed by atoms with Gasteiger partial charge < -0.3 is 5.32 Å². The Hall–Kier alpha value is -4.05. The van der Waals surface area contributed by atoms with Crippen LogP contribution in [0.25, 0.3) is 11.4 Å². The summed E-state index contributed by atoms with van der Waals surface area (Å²) < 4.78 is 29.2. The van der Waals surface area contributed by atoms with Crippen molar-refractivity contribution in [3.63, 3.8) is 0 Å². The van der Waals surface area contributed by atoms with Gasteiger partial charge in [-0.2, -0.15) is 0 Å². The first-order chi connectivity index (χ1) is 16.4. The number of carbonyl (C=O) groups excluding carboxylic acids is 1. The number of rotatable bonds is 7. The van der Waals surface area contributed by atoms with Crippen molar-refractivity contribution in [3.8, 4) is 11.4 Å². The Morgan fingerprint density at radius 2 is 1.74 bits per heavy atom. The third kappa shape index (κ3) is 4.27. The van der Waals surface area contributed by atoms with Crippen molar-refractivity contribution in [1.82, 2.24) is 20.2 Å². The Balaban J connectivity index is 1.33. The van der Waals surface area contributed by atoms with E-state index in [1.54, 1.807) is 48.5 Å². The Bertz CT molecular complexity index is 1430. The normalized spacial score (nSPS) is 13.4. The molecule has 5 rings (SSSR count). The summed E-state index contributed by atoms with van der Waals surface area (Å²) in [6.07, 6.45) is 2.14. The zero-order chi connectivity index (χ0) is 23.7. The largest absolute Gasteiger partial charge is 0.322 e. The Morgan fingerprint density at radius 3 is 2.44 bits per heavy atom. The van der Waals surface area contributed by atoms with E-state index < -0.39 is 15.9 Å². The van der Waals surface area contributed by atoms with Gasteiger partial charge in [0, 0.05) is 23.9 Å². The maximum atomic E-state index is 13.1. The van der Waals surface area contributed by atoms with Crippen LogP contribution in [0.15, 0.2) is 83.8 Å². The van der Waals surface area contributed by atoms with Crippen molar-refractivity contribution in [2.45, 2.75) is 23.8 Å². The number of sulfonamides is 1. The SMILES string of the molecule is CN(c1ccccc1)S(=O)(=O)c1cccc(C(=O)Nc2ccc(-c3nnnn3C3CC3)cc2)c1. The van der Waals surface area contributed by atoms with Gasteiger partial charge in [0.15, 0.2) is 5.82 Å². The number of hydrogen-bond donors (Lipinski definition) is 1. The highest BCUT2D eigenvalue weighted by molar-refractivity contribution is 7.92. The molecule has 9 nitrogen and oxygen atoms in total. The van der Waals surface area contributed by atoms with E-state index >= 15 is 0 Å². The van der Waals surface area contributed by atoms with E-state index in [9.17, 15) is 13.2 Å². The third-order valence-corrected chi connectivity index (χ3v) is 7.44. The molecule has 34 heavy (non-hydrogen) atoms. The predicted octanol–water partition coefficient (Wildman–Crippen LogP) is 3.75. The molecule has 1 heterocycles. The summed E-state index contributed by atoms with van der Waals surface area (Å²) in [5.41, 5.74) is 2.20. The molecule has 0 saturated heterocycles. The van der Waals surface area contributed by atoms with Gasteiger partial charge in [-0.15, -0.1) is 5.10 Å². The molecule has 1 N–H and O–H groups in total. The maximum Gasteiger partial charge on any atom is 0.264 e. The van der Waals surface area contributed by atoms with Gasteiger partial charge in [0.1, 0.15) is 0 Å². The fourth-order valence-corrected chi connectivity index (χ4v) is 4.83. The van der Waals surface area contributed by atoms with Crippen LogP contribution in [-0.4, -0.2) is 41.6 Å². The number of aromatic nitrogens is 4. The number of nitrogens with one attached hydrogen (secondary N) is 1. The summed E-state index contributed by atoms with van der Waals surface area (Å²) in [5.74, 6) is 0.288. The second-order valence-corrected chi connectivity index (χ2v) is 10.0. The van der Waals surface area contributed by atoms with Gasteiger partial charge in [0.05, 0.1) is 16.6 Å². The minimum absolute atomic E-state index is 0.0359. The van der Waals surface area contributed by atoms with Gasteiger partial charge in [-0.1, -0.05) is 24.3 Å². The van der Waals surface area contributed by atoms with E-state index in [2.05, 4.69) is 20.8 Å². The fourth-order valence-electron chi connectivity index (χ4n) is 3.59. The summed E-state index contributed by atoms with van der Waals surface area (Å²) in [5, 5.41) is 14.8. The van der Waals surface area contributed by atoms with Gasteiger partial charge >= 0.3 is 0 Å². The minimum atomic E-state index is -3.83. The molecule has 0 atom stereocenters. The molecular formula is C24H22N6O3S. The van der Waals surface area contributed by atoms with Crippen molar-refractivity contribution in [3.05, 3.63) is 84.4 Å². The highest BCUT2D eigenvalue weighted by Gasteiger charge is 2.28. The van der Waals surface area contributed by atoms with Gasteiger partial charge in [-0.05, 0) is 77.9 Å². The van der Waals surface area contributed by atoms with Gasteiger partial charge in [-0.3, -0.25) is 9.10 Å². The van der Waals surface area contributed by atoms with E-state index in [4.69, 9.17) is 0 Å². The second-order valence-electron chi connectivity index (χ2n) is 8.05. The van der Waals surface area contributed by atoms with Crippen LogP contribution >= 0.6 is 0 Å². The summed E-state index contributed by atoms with van der Waals surface area (Å²) in [4.78, 5) is 12.9. The molecule has 1 aliphatic carbocycles. The number of hydrogen-bond acceptors (Lipinski definition) is 6. The second kappa shape index (κ2) is 8.71. The first kappa shape index (κ1) is 21.8. The Labute approximate surface area is 197 Å². The highest BCUT2D eigenvalue weighted by Crippen LogP contribution is 2.36. The molecule has 3 aromatic carbocycles. The first-order valence-corrected chi connectivity index (χ1v) is 12.2. The number of amides is 1. The molecule has 0 bridgehead atoms. The lowest BCUT2D eigenvalue weighted by Gasteiger charge is -2.19. The van der Waals surface area contributed by atoms with Crippen molar-refractivity contribution in [2.24, 2.45) is 0 Å². The van der Waals surface area contributed by atoms with E-state index in [1.165, 1.54) is 23.5 Å². The monoisotopic (exact) mass is 474 g/mol. The number of benzene rings is 3. The summed E-state index contributed by atoms with van der Waals surface area (Å²) in [7, 11) is -2.34. The van der Waals surface area contributed by atoms with Crippen LogP contribution in [0, 0.1) is 0 Å². The average molecular weight is 475 g/mol. The molecule has 0 aliphatic heterocycles. The van der Waals surface area contributed by atoms with E-state index in [1.807, 2.05) is 22.9 Å². The average Bonchev–Trinajstić information content (AvgIpc) is 3.60. The smallest absolute Gasteiger partial charge is 0.264 e. The fraction of sp³-hybridized carbons (Fsp3) is 0.167. The van der Waals surface area contributed by atoms with Crippen LogP contribution in [0.4, 0.5) is 11.4 Å². The van der Waals surface area contributed by atoms with Crippen molar-refractivity contribution in [1.29, 1.82) is 0 Å². The quantitative estimate of drug-likeness (QED) is 0.437. The van der Waals surface area contributed by atoms with Gasteiger partial charge in [0.25, 0.3) is 15.9 Å². The molecule has 172 valence electrons. The van der Waals surface area contributed by atoms with Crippen LogP contribution in [-0.2, 0) is 10.0 Å².